The molecular formula is C30H36Cl2N2O5Si. The molecule has 5 rings (SSSR count). The molecule has 1 aliphatic carbocycles. The number of halogens is 2. The summed E-state index contributed by atoms with van der Waals surface area (Å²) < 4.78 is 6.08. The van der Waals surface area contributed by atoms with Gasteiger partial charge in [-0.25, -0.2) is 0 Å². The molecule has 1 saturated carbocycles. The molecule has 0 unspecified atom stereocenters. The zero-order valence-corrected chi connectivity index (χ0v) is 25.7. The molecule has 2 aliphatic heterocycles. The van der Waals surface area contributed by atoms with Crippen LogP contribution in [0.2, 0.25) is 35.7 Å². The van der Waals surface area contributed by atoms with E-state index in [-0.39, 0.29) is 37.3 Å². The Labute approximate surface area is 246 Å². The number of benzene rings is 2. The minimum Gasteiger partial charge on any atom is -0.481 e. The normalized spacial score (nSPS) is 24.6. The van der Waals surface area contributed by atoms with E-state index in [4.69, 9.17) is 27.9 Å². The van der Waals surface area contributed by atoms with E-state index in [2.05, 4.69) is 19.6 Å². The molecule has 2 heterocycles. The molecule has 0 bridgehead atoms. The Morgan fingerprint density at radius 2 is 1.82 bits per heavy atom. The van der Waals surface area contributed by atoms with E-state index in [1.165, 1.54) is 0 Å². The number of nitrogens with zero attached hydrogens (tertiary/aromatic N) is 2. The van der Waals surface area contributed by atoms with E-state index in [0.717, 1.165) is 24.4 Å². The van der Waals surface area contributed by atoms with Crippen LogP contribution in [0, 0.1) is 11.8 Å². The summed E-state index contributed by atoms with van der Waals surface area (Å²) in [5, 5.41) is 10.7. The number of carbonyl (C=O) groups excluding carboxylic acids is 2. The number of amides is 2. The number of hydrogen-bond acceptors (Lipinski definition) is 4. The second-order valence-corrected chi connectivity index (χ2v) is 19.0. The zero-order chi connectivity index (χ0) is 28.8. The lowest BCUT2D eigenvalue weighted by molar-refractivity contribution is -0.161. The van der Waals surface area contributed by atoms with Gasteiger partial charge in [0.25, 0.3) is 5.91 Å². The van der Waals surface area contributed by atoms with Gasteiger partial charge in [-0.05, 0) is 61.1 Å². The third kappa shape index (κ3) is 5.56. The van der Waals surface area contributed by atoms with Crippen molar-refractivity contribution < 1.29 is 24.2 Å². The Morgan fingerprint density at radius 1 is 1.10 bits per heavy atom. The Kier molecular flexibility index (Phi) is 8.09. The highest BCUT2D eigenvalue weighted by Gasteiger charge is 2.64. The highest BCUT2D eigenvalue weighted by atomic mass is 35.5. The third-order valence-corrected chi connectivity index (χ3v) is 10.5. The third-order valence-electron chi connectivity index (χ3n) is 8.32. The molecule has 214 valence electrons. The second kappa shape index (κ2) is 11.1. The fraction of sp³-hybridized carbons (Fsp3) is 0.500. The summed E-state index contributed by atoms with van der Waals surface area (Å²) >= 11 is 12.9. The van der Waals surface area contributed by atoms with Gasteiger partial charge in [0.2, 0.25) is 5.91 Å². The maximum absolute atomic E-state index is 14.9. The highest BCUT2D eigenvalue weighted by molar-refractivity contribution is 6.76. The van der Waals surface area contributed by atoms with E-state index < -0.39 is 31.4 Å². The minimum absolute atomic E-state index is 0.0463. The van der Waals surface area contributed by atoms with E-state index >= 15 is 0 Å². The summed E-state index contributed by atoms with van der Waals surface area (Å²) in [6, 6.07) is 13.7. The van der Waals surface area contributed by atoms with Gasteiger partial charge in [0.15, 0.2) is 5.54 Å². The van der Waals surface area contributed by atoms with Crippen molar-refractivity contribution in [3.63, 3.8) is 0 Å². The van der Waals surface area contributed by atoms with E-state index in [1.807, 2.05) is 24.3 Å². The first kappa shape index (κ1) is 29.1. The van der Waals surface area contributed by atoms with Crippen molar-refractivity contribution in [3.8, 4) is 0 Å². The van der Waals surface area contributed by atoms with Crippen LogP contribution >= 0.6 is 23.2 Å². The highest BCUT2D eigenvalue weighted by Crippen LogP contribution is 2.58. The van der Waals surface area contributed by atoms with Gasteiger partial charge < -0.3 is 14.7 Å². The van der Waals surface area contributed by atoms with Crippen LogP contribution in [-0.4, -0.2) is 55.7 Å². The number of rotatable bonds is 10. The number of anilines is 1. The van der Waals surface area contributed by atoms with Crippen molar-refractivity contribution >= 4 is 54.7 Å². The monoisotopic (exact) mass is 602 g/mol. The number of carbonyl (C=O) groups is 3. The standard InChI is InChI=1S/C30H36Cl2N2O5Si/c1-40(2,3)12-11-39-18-33-26-16-23(32)9-10-24(26)30(29(33)38)25(20-5-4-6-22(31)13-20)14-21(15-27(35)36)28(37)34(30)17-19-7-8-19/h4-6,9-10,13,16,19,21,25H,7-8,11-12,14-15,17-18H2,1-3H3,(H,35,36)/t21-,25-,30+/m1/s1. The average molecular weight is 604 g/mol. The summed E-state index contributed by atoms with van der Waals surface area (Å²) in [4.78, 5) is 44.2. The summed E-state index contributed by atoms with van der Waals surface area (Å²) in [6.45, 7) is 7.79. The first-order chi connectivity index (χ1) is 18.9. The van der Waals surface area contributed by atoms with E-state index in [1.54, 1.807) is 28.0 Å². The molecule has 3 atom stereocenters. The van der Waals surface area contributed by atoms with E-state index in [0.29, 0.717) is 34.4 Å². The number of carboxylic acid groups (broad SMARTS) is 1. The smallest absolute Gasteiger partial charge is 0.304 e. The lowest BCUT2D eigenvalue weighted by Crippen LogP contribution is -2.64. The van der Waals surface area contributed by atoms with Gasteiger partial charge >= 0.3 is 5.97 Å². The van der Waals surface area contributed by atoms with Crippen molar-refractivity contribution in [2.24, 2.45) is 11.8 Å². The fourth-order valence-electron chi connectivity index (χ4n) is 6.15. The molecule has 3 aliphatic rings. The minimum atomic E-state index is -1.36. The van der Waals surface area contributed by atoms with Gasteiger partial charge in [-0.2, -0.15) is 0 Å². The van der Waals surface area contributed by atoms with Gasteiger partial charge in [0.05, 0.1) is 12.1 Å². The second-order valence-electron chi connectivity index (χ2n) is 12.5. The number of ether oxygens (including phenoxy) is 1. The molecule has 2 amide bonds. The van der Waals surface area contributed by atoms with Crippen molar-refractivity contribution in [2.45, 2.75) is 62.8 Å². The van der Waals surface area contributed by atoms with Gasteiger partial charge in [0, 0.05) is 48.7 Å². The average Bonchev–Trinajstić information content (AvgIpc) is 3.66. The largest absolute Gasteiger partial charge is 0.481 e. The van der Waals surface area contributed by atoms with Crippen LogP contribution in [0.15, 0.2) is 42.5 Å². The molecule has 2 aromatic carbocycles. The topological polar surface area (TPSA) is 87.1 Å². The zero-order valence-electron chi connectivity index (χ0n) is 23.2. The molecule has 2 aromatic rings. The molecule has 40 heavy (non-hydrogen) atoms. The number of piperidine rings is 1. The molecule has 2 fully saturated rings. The van der Waals surface area contributed by atoms with Crippen molar-refractivity contribution in [3.05, 3.63) is 63.6 Å². The predicted octanol–water partition coefficient (Wildman–Crippen LogP) is 6.36. The van der Waals surface area contributed by atoms with Gasteiger partial charge in [-0.3, -0.25) is 19.3 Å². The quantitative estimate of drug-likeness (QED) is 0.252. The Balaban J connectivity index is 1.65. The maximum Gasteiger partial charge on any atom is 0.304 e. The molecule has 7 nitrogen and oxygen atoms in total. The molecule has 1 saturated heterocycles. The number of hydrogen-bond donors (Lipinski definition) is 1. The predicted molar refractivity (Wildman–Crippen MR) is 159 cm³/mol. The van der Waals surface area contributed by atoms with Crippen LogP contribution in [0.3, 0.4) is 0 Å². The summed E-state index contributed by atoms with van der Waals surface area (Å²) in [5.41, 5.74) is 0.764. The van der Waals surface area contributed by atoms with Crippen LogP contribution in [0.1, 0.15) is 42.7 Å². The van der Waals surface area contributed by atoms with Gasteiger partial charge in [0.1, 0.15) is 6.73 Å². The van der Waals surface area contributed by atoms with Crippen LogP contribution < -0.4 is 4.90 Å². The van der Waals surface area contributed by atoms with Crippen LogP contribution in [-0.2, 0) is 24.7 Å². The van der Waals surface area contributed by atoms with Crippen molar-refractivity contribution in [2.75, 3.05) is 24.8 Å². The Hall–Kier alpha value is -2.39. The number of carboxylic acids is 1. The number of likely N-dealkylation sites (tertiary alicyclic amines) is 1. The first-order valence-corrected chi connectivity index (χ1v) is 18.4. The Bertz CT molecular complexity index is 1330. The first-order valence-electron chi connectivity index (χ1n) is 13.9. The molecule has 1 N–H and O–H groups in total. The van der Waals surface area contributed by atoms with Crippen molar-refractivity contribution in [1.82, 2.24) is 4.90 Å². The summed E-state index contributed by atoms with van der Waals surface area (Å²) in [7, 11) is -1.35. The maximum atomic E-state index is 14.9. The lowest BCUT2D eigenvalue weighted by atomic mass is 9.66. The molecule has 10 heteroatoms. The van der Waals surface area contributed by atoms with Crippen molar-refractivity contribution in [1.29, 1.82) is 0 Å². The molecular weight excluding hydrogens is 567 g/mol. The Morgan fingerprint density at radius 3 is 2.48 bits per heavy atom. The fourth-order valence-corrected chi connectivity index (χ4v) is 7.28. The van der Waals surface area contributed by atoms with E-state index in [9.17, 15) is 19.5 Å². The van der Waals surface area contributed by atoms with Gasteiger partial charge in [-0.15, -0.1) is 0 Å². The number of fused-ring (bicyclic) bond motifs is 2. The van der Waals surface area contributed by atoms with Gasteiger partial charge in [-0.1, -0.05) is 61.0 Å². The number of aliphatic carboxylic acids is 1. The van der Waals surface area contributed by atoms with Crippen LogP contribution in [0.5, 0.6) is 0 Å². The summed E-state index contributed by atoms with van der Waals surface area (Å²) in [6.07, 6.45) is 1.86. The molecule has 1 spiro atoms. The van der Waals surface area contributed by atoms with Crippen LogP contribution in [0.25, 0.3) is 0 Å². The summed E-state index contributed by atoms with van der Waals surface area (Å²) in [5.74, 6) is -2.56. The van der Waals surface area contributed by atoms with Crippen LogP contribution in [0.4, 0.5) is 5.69 Å². The molecule has 0 aromatic heterocycles. The lowest BCUT2D eigenvalue weighted by Gasteiger charge is -2.51. The molecule has 0 radical (unpaired) electrons. The SMILES string of the molecule is C[Si](C)(C)CCOCN1C(=O)[C@]2(c3ccc(Cl)cc31)[C@@H](c1cccc(Cl)c1)C[C@H](CC(=O)O)C(=O)N2CC1CC1.